The molecule has 27 heavy (non-hydrogen) atoms. The van der Waals surface area contributed by atoms with Crippen LogP contribution in [0.1, 0.15) is 28.4 Å². The van der Waals surface area contributed by atoms with Gasteiger partial charge in [-0.3, -0.25) is 4.79 Å². The van der Waals surface area contributed by atoms with E-state index in [1.165, 1.54) is 0 Å². The summed E-state index contributed by atoms with van der Waals surface area (Å²) >= 11 is 21.7. The van der Waals surface area contributed by atoms with Gasteiger partial charge in [0.05, 0.1) is 16.1 Å². The molecule has 1 unspecified atom stereocenters. The lowest BCUT2D eigenvalue weighted by Gasteiger charge is -2.21. The highest BCUT2D eigenvalue weighted by Crippen LogP contribution is 2.30. The monoisotopic (exact) mass is 481 g/mol. The van der Waals surface area contributed by atoms with E-state index in [2.05, 4.69) is 21.2 Å². The van der Waals surface area contributed by atoms with Crippen LogP contribution in [0.4, 0.5) is 5.69 Å². The van der Waals surface area contributed by atoms with E-state index in [0.717, 1.165) is 15.7 Å². The normalized spacial score (nSPS) is 11.9. The van der Waals surface area contributed by atoms with Crippen molar-refractivity contribution < 1.29 is 4.79 Å². The zero-order valence-electron chi connectivity index (χ0n) is 14.1. The van der Waals surface area contributed by atoms with Gasteiger partial charge >= 0.3 is 0 Å². The number of carbonyl (C=O) groups excluding carboxylic acids is 1. The van der Waals surface area contributed by atoms with E-state index in [9.17, 15) is 4.79 Å². The Balaban J connectivity index is 1.89. The van der Waals surface area contributed by atoms with E-state index < -0.39 is 0 Å². The Morgan fingerprint density at radius 3 is 2.33 bits per heavy atom. The molecule has 0 aliphatic heterocycles. The maximum atomic E-state index is 12.8. The number of carbonyl (C=O) groups is 1. The van der Waals surface area contributed by atoms with E-state index in [1.807, 2.05) is 36.4 Å². The van der Waals surface area contributed by atoms with Crippen LogP contribution in [-0.2, 0) is 0 Å². The molecule has 0 radical (unpaired) electrons. The summed E-state index contributed by atoms with van der Waals surface area (Å²) in [6.07, 6.45) is 0.256. The maximum Gasteiger partial charge on any atom is 0.165 e. The Bertz CT molecular complexity index is 960. The van der Waals surface area contributed by atoms with Crippen LogP contribution in [0.25, 0.3) is 0 Å². The van der Waals surface area contributed by atoms with Gasteiger partial charge in [0.25, 0.3) is 0 Å². The van der Waals surface area contributed by atoms with Crippen LogP contribution in [0.3, 0.4) is 0 Å². The first-order valence-electron chi connectivity index (χ1n) is 8.18. The van der Waals surface area contributed by atoms with Crippen LogP contribution >= 0.6 is 50.7 Å². The number of ketones is 1. The fraction of sp³-hybridized carbons (Fsp3) is 0.0952. The molecule has 1 atom stereocenters. The van der Waals surface area contributed by atoms with Gasteiger partial charge < -0.3 is 5.32 Å². The van der Waals surface area contributed by atoms with Crippen LogP contribution in [0.15, 0.2) is 71.2 Å². The lowest BCUT2D eigenvalue weighted by atomic mass is 9.97. The van der Waals surface area contributed by atoms with Gasteiger partial charge in [-0.15, -0.1) is 0 Å². The van der Waals surface area contributed by atoms with Crippen molar-refractivity contribution in [2.45, 2.75) is 12.5 Å². The van der Waals surface area contributed by atoms with Crippen LogP contribution < -0.4 is 5.32 Å². The van der Waals surface area contributed by atoms with Gasteiger partial charge in [-0.2, -0.15) is 0 Å². The summed E-state index contributed by atoms with van der Waals surface area (Å²) in [6.45, 7) is 0. The molecule has 3 aromatic rings. The zero-order valence-corrected chi connectivity index (χ0v) is 17.9. The molecule has 138 valence electrons. The van der Waals surface area contributed by atoms with Gasteiger partial charge in [-0.25, -0.2) is 0 Å². The molecule has 0 saturated carbocycles. The summed E-state index contributed by atoms with van der Waals surface area (Å²) in [7, 11) is 0. The van der Waals surface area contributed by atoms with E-state index in [-0.39, 0.29) is 18.2 Å². The Morgan fingerprint density at radius 2 is 1.67 bits per heavy atom. The van der Waals surface area contributed by atoms with E-state index in [4.69, 9.17) is 34.8 Å². The molecule has 0 aromatic heterocycles. The number of halogens is 4. The first kappa shape index (κ1) is 20.2. The predicted molar refractivity (Wildman–Crippen MR) is 117 cm³/mol. The van der Waals surface area contributed by atoms with E-state index in [0.29, 0.717) is 20.6 Å². The quantitative estimate of drug-likeness (QED) is 0.362. The molecule has 3 aromatic carbocycles. The van der Waals surface area contributed by atoms with Gasteiger partial charge in [-0.05, 0) is 48.0 Å². The highest BCUT2D eigenvalue weighted by molar-refractivity contribution is 9.10. The van der Waals surface area contributed by atoms with E-state index >= 15 is 0 Å². The summed E-state index contributed by atoms with van der Waals surface area (Å²) in [5.41, 5.74) is 2.34. The van der Waals surface area contributed by atoms with Crippen molar-refractivity contribution in [3.63, 3.8) is 0 Å². The lowest BCUT2D eigenvalue weighted by Crippen LogP contribution is -2.16. The van der Waals surface area contributed by atoms with Gasteiger partial charge in [0.1, 0.15) is 0 Å². The highest BCUT2D eigenvalue weighted by atomic mass is 79.9. The van der Waals surface area contributed by atoms with Crippen molar-refractivity contribution in [1.82, 2.24) is 0 Å². The number of nitrogens with one attached hydrogen (secondary N) is 1. The third kappa shape index (κ3) is 5.49. The second-order valence-corrected chi connectivity index (χ2v) is 8.18. The Hall–Kier alpha value is -1.52. The van der Waals surface area contributed by atoms with Gasteiger partial charge in [0.15, 0.2) is 5.78 Å². The summed E-state index contributed by atoms with van der Waals surface area (Å²) < 4.78 is 0.928. The molecule has 0 aliphatic carbocycles. The molecule has 0 spiro atoms. The topological polar surface area (TPSA) is 29.1 Å². The smallest absolute Gasteiger partial charge is 0.165 e. The summed E-state index contributed by atoms with van der Waals surface area (Å²) in [5, 5.41) is 4.92. The van der Waals surface area contributed by atoms with Crippen molar-refractivity contribution in [1.29, 1.82) is 0 Å². The standard InChI is InChI=1S/C21H15BrCl3NO/c22-15-7-4-13(5-8-15)21(27)12-20(14-6-9-18(24)19(25)10-14)26-17-3-1-2-16(23)11-17/h1-11,20,26H,12H2. The molecular formula is C21H15BrCl3NO. The van der Waals surface area contributed by atoms with Crippen molar-refractivity contribution in [3.05, 3.63) is 97.4 Å². The fourth-order valence-corrected chi connectivity index (χ4v) is 3.46. The minimum atomic E-state index is -0.283. The van der Waals surface area contributed by atoms with Gasteiger partial charge in [-0.1, -0.05) is 75.0 Å². The number of Topliss-reactive ketones (excluding diaryl/α,β-unsaturated/α-hetero) is 1. The second kappa shape index (κ2) is 9.11. The third-order valence-corrected chi connectivity index (χ3v) is 5.57. The number of rotatable bonds is 6. The van der Waals surface area contributed by atoms with Gasteiger partial charge in [0, 0.05) is 27.2 Å². The number of hydrogen-bond acceptors (Lipinski definition) is 2. The van der Waals surface area contributed by atoms with Crippen LogP contribution in [0, 0.1) is 0 Å². The van der Waals surface area contributed by atoms with Crippen LogP contribution in [-0.4, -0.2) is 5.78 Å². The first-order chi connectivity index (χ1) is 12.9. The summed E-state index contributed by atoms with van der Waals surface area (Å²) in [5.74, 6) is 0.0214. The lowest BCUT2D eigenvalue weighted by molar-refractivity contribution is 0.0976. The Kier molecular flexibility index (Phi) is 6.83. The van der Waals surface area contributed by atoms with Crippen LogP contribution in [0.5, 0.6) is 0 Å². The zero-order chi connectivity index (χ0) is 19.4. The Labute approximate surface area is 181 Å². The van der Waals surface area contributed by atoms with Crippen molar-refractivity contribution in [2.75, 3.05) is 5.32 Å². The molecule has 0 amide bonds. The maximum absolute atomic E-state index is 12.8. The van der Waals surface area contributed by atoms with E-state index in [1.54, 1.807) is 30.3 Å². The highest BCUT2D eigenvalue weighted by Gasteiger charge is 2.18. The average molecular weight is 484 g/mol. The number of anilines is 1. The van der Waals surface area contributed by atoms with Crippen molar-refractivity contribution >= 4 is 62.2 Å². The third-order valence-electron chi connectivity index (χ3n) is 4.07. The summed E-state index contributed by atoms with van der Waals surface area (Å²) in [6, 6.07) is 19.8. The molecule has 6 heteroatoms. The summed E-state index contributed by atoms with van der Waals surface area (Å²) in [4.78, 5) is 12.8. The predicted octanol–water partition coefficient (Wildman–Crippen LogP) is 7.84. The molecule has 0 aliphatic rings. The second-order valence-electron chi connectivity index (χ2n) is 6.02. The SMILES string of the molecule is O=C(CC(Nc1cccc(Cl)c1)c1ccc(Cl)c(Cl)c1)c1ccc(Br)cc1. The molecule has 0 bridgehead atoms. The minimum absolute atomic E-state index is 0.0214. The average Bonchev–Trinajstić information content (AvgIpc) is 2.64. The molecule has 0 saturated heterocycles. The van der Waals surface area contributed by atoms with Gasteiger partial charge in [0.2, 0.25) is 0 Å². The fourth-order valence-electron chi connectivity index (χ4n) is 2.70. The minimum Gasteiger partial charge on any atom is -0.378 e. The molecule has 3 rings (SSSR count). The largest absolute Gasteiger partial charge is 0.378 e. The van der Waals surface area contributed by atoms with Crippen molar-refractivity contribution in [3.8, 4) is 0 Å². The van der Waals surface area contributed by atoms with Crippen molar-refractivity contribution in [2.24, 2.45) is 0 Å². The number of benzene rings is 3. The first-order valence-corrected chi connectivity index (χ1v) is 10.1. The molecule has 1 N–H and O–H groups in total. The van der Waals surface area contributed by atoms with Crippen LogP contribution in [0.2, 0.25) is 15.1 Å². The Morgan fingerprint density at radius 1 is 0.926 bits per heavy atom. The molecule has 0 heterocycles. The molecular weight excluding hydrogens is 469 g/mol. The molecule has 0 fully saturated rings. The number of hydrogen-bond donors (Lipinski definition) is 1. The molecule has 2 nitrogen and oxygen atoms in total.